The molecule has 4 aromatic rings. The van der Waals surface area contributed by atoms with Gasteiger partial charge in [0.25, 0.3) is 5.69 Å². The van der Waals surface area contributed by atoms with E-state index in [1.54, 1.807) is 24.3 Å². The predicted octanol–water partition coefficient (Wildman–Crippen LogP) is 2.51. The molecule has 0 radical (unpaired) electrons. The van der Waals surface area contributed by atoms with Crippen LogP contribution in [0.1, 0.15) is 6.23 Å². The molecule has 0 saturated carbocycles. The Balaban J connectivity index is 1.17. The lowest BCUT2D eigenvalue weighted by Crippen LogP contribution is -2.39. The smallest absolute Gasteiger partial charge is 0.381 e. The van der Waals surface area contributed by atoms with Gasteiger partial charge in [-0.1, -0.05) is 23.7 Å². The predicted molar refractivity (Wildman–Crippen MR) is 156 cm³/mol. The number of para-hydroxylation sites is 1. The average Bonchev–Trinajstić information content (AvgIpc) is 3.54. The minimum Gasteiger partial charge on any atom is -0.475 e. The van der Waals surface area contributed by atoms with Gasteiger partial charge in [0.1, 0.15) is 36.3 Å². The molecule has 0 bridgehead atoms. The van der Waals surface area contributed by atoms with Gasteiger partial charge in [0.2, 0.25) is 5.88 Å². The van der Waals surface area contributed by atoms with Gasteiger partial charge < -0.3 is 19.1 Å². The third-order valence-corrected chi connectivity index (χ3v) is 10.9. The molecular formula is C24H21ClN5O11PS2. The van der Waals surface area contributed by atoms with Gasteiger partial charge in [-0.3, -0.25) is 28.7 Å². The molecule has 5 atom stereocenters. The molecule has 44 heavy (non-hydrogen) atoms. The van der Waals surface area contributed by atoms with Gasteiger partial charge in [0.15, 0.2) is 21.6 Å². The van der Waals surface area contributed by atoms with Crippen molar-refractivity contribution in [3.05, 3.63) is 80.5 Å². The summed E-state index contributed by atoms with van der Waals surface area (Å²) in [4.78, 5) is 33.0. The van der Waals surface area contributed by atoms with Crippen LogP contribution in [0.15, 0.2) is 64.5 Å². The first kappa shape index (κ1) is 30.5. The minimum atomic E-state index is -3.88. The fourth-order valence-electron chi connectivity index (χ4n) is 4.60. The summed E-state index contributed by atoms with van der Waals surface area (Å²) in [7, 11) is -3.88. The number of nitro benzene ring substituents is 1. The summed E-state index contributed by atoms with van der Waals surface area (Å²) in [5.74, 6) is -0.511. The van der Waals surface area contributed by atoms with Crippen LogP contribution in [0.3, 0.4) is 0 Å². The van der Waals surface area contributed by atoms with Gasteiger partial charge >= 0.3 is 12.4 Å². The third kappa shape index (κ3) is 5.94. The van der Waals surface area contributed by atoms with E-state index in [2.05, 4.69) is 15.0 Å². The number of aromatic nitrogens is 4. The number of hydrogen-bond acceptors (Lipinski definition) is 14. The van der Waals surface area contributed by atoms with E-state index in [9.17, 15) is 28.4 Å². The van der Waals surface area contributed by atoms with Crippen molar-refractivity contribution in [2.75, 3.05) is 19.0 Å². The van der Waals surface area contributed by atoms with Crippen LogP contribution in [0.5, 0.6) is 11.6 Å². The maximum absolute atomic E-state index is 12.7. The number of aliphatic hydroxyl groups excluding tert-OH is 1. The lowest BCUT2D eigenvalue weighted by molar-refractivity contribution is -0.384. The zero-order chi connectivity index (χ0) is 31.2. The number of halogens is 1. The molecule has 4 heterocycles. The topological polar surface area (TPSA) is 207 Å². The highest BCUT2D eigenvalue weighted by Gasteiger charge is 2.52. The number of fused-ring (bicyclic) bond motifs is 2. The summed E-state index contributed by atoms with van der Waals surface area (Å²) in [6, 6.07) is 11.1. The number of imidazole rings is 1. The monoisotopic (exact) mass is 685 g/mol. The second kappa shape index (κ2) is 11.8. The Morgan fingerprint density at radius 3 is 2.73 bits per heavy atom. The molecule has 2 N–H and O–H groups in total. The molecule has 2 aliphatic rings. The van der Waals surface area contributed by atoms with E-state index in [0.717, 1.165) is 24.3 Å². The first-order valence-corrected chi connectivity index (χ1v) is 17.3. The maximum atomic E-state index is 12.7. The van der Waals surface area contributed by atoms with Crippen molar-refractivity contribution in [1.82, 2.24) is 19.5 Å². The molecule has 20 heteroatoms. The van der Waals surface area contributed by atoms with Crippen molar-refractivity contribution in [2.45, 2.75) is 29.4 Å². The molecular weight excluding hydrogens is 665 g/mol. The number of benzene rings is 2. The standard InChI is InChI=1S/C24H21ClN5O11PS2/c25-15-3-1-2-4-16(15)40-42(43)38-11-17-20(41-42)19(31)23(39-17)29-12-26-18-21(29)27-24(32)28-22(18)37-9-10-44(35,36)14-7-5-13(6-8-14)30(33)34/h1-8,12,17,19-20,23,31H,9-11H2,(H,27,28,32)/t17-,19?,20?,23-,42?/m1/s1. The molecule has 2 aliphatic heterocycles. The molecule has 0 aliphatic carbocycles. The van der Waals surface area contributed by atoms with E-state index in [1.807, 2.05) is 0 Å². The zero-order valence-corrected chi connectivity index (χ0v) is 25.4. The molecule has 232 valence electrons. The molecule has 6 rings (SSSR count). The number of aromatic amines is 1. The van der Waals surface area contributed by atoms with E-state index in [4.69, 9.17) is 46.5 Å². The molecule has 2 aromatic carbocycles. The van der Waals surface area contributed by atoms with E-state index in [1.165, 1.54) is 10.9 Å². The number of nitrogens with one attached hydrogen (secondary N) is 1. The quantitative estimate of drug-likeness (QED) is 0.147. The van der Waals surface area contributed by atoms with Crippen molar-refractivity contribution in [1.29, 1.82) is 0 Å². The molecule has 2 aromatic heterocycles. The van der Waals surface area contributed by atoms with E-state index in [-0.39, 0.29) is 40.0 Å². The molecule has 2 saturated heterocycles. The van der Waals surface area contributed by atoms with Gasteiger partial charge in [-0.15, -0.1) is 0 Å². The van der Waals surface area contributed by atoms with Crippen LogP contribution >= 0.6 is 18.3 Å². The fourth-order valence-corrected chi connectivity index (χ4v) is 8.08. The largest absolute Gasteiger partial charge is 0.475 e. The van der Waals surface area contributed by atoms with E-state index >= 15 is 0 Å². The summed E-state index contributed by atoms with van der Waals surface area (Å²) in [5.41, 5.74) is -0.947. The number of nitrogens with zero attached hydrogens (tertiary/aromatic N) is 4. The lowest BCUT2D eigenvalue weighted by Gasteiger charge is -2.33. The van der Waals surface area contributed by atoms with Crippen molar-refractivity contribution < 1.29 is 41.5 Å². The van der Waals surface area contributed by atoms with Crippen LogP contribution < -0.4 is 15.0 Å². The summed E-state index contributed by atoms with van der Waals surface area (Å²) >= 11 is 11.7. The van der Waals surface area contributed by atoms with Crippen LogP contribution in [0, 0.1) is 10.1 Å². The normalized spacial score (nSPS) is 25.0. The van der Waals surface area contributed by atoms with Gasteiger partial charge in [0, 0.05) is 23.9 Å². The Morgan fingerprint density at radius 2 is 2.00 bits per heavy atom. The number of rotatable bonds is 9. The summed E-state index contributed by atoms with van der Waals surface area (Å²) < 4.78 is 55.6. The molecule has 2 fully saturated rings. The number of non-ortho nitro benzene ring substituents is 1. The molecule has 0 amide bonds. The van der Waals surface area contributed by atoms with Crippen molar-refractivity contribution in [3.63, 3.8) is 0 Å². The Bertz CT molecular complexity index is 1960. The first-order chi connectivity index (χ1) is 20.9. The highest BCUT2D eigenvalue weighted by atomic mass is 35.5. The van der Waals surface area contributed by atoms with Crippen LogP contribution in [-0.2, 0) is 35.4 Å². The second-order valence-corrected chi connectivity index (χ2v) is 14.9. The maximum Gasteiger partial charge on any atom is 0.381 e. The van der Waals surface area contributed by atoms with Gasteiger partial charge in [0.05, 0.1) is 33.5 Å². The van der Waals surface area contributed by atoms with Gasteiger partial charge in [-0.25, -0.2) is 18.2 Å². The molecule has 3 unspecified atom stereocenters. The van der Waals surface area contributed by atoms with Crippen molar-refractivity contribution in [3.8, 4) is 11.6 Å². The summed E-state index contributed by atoms with van der Waals surface area (Å²) in [6.07, 6.45) is -2.81. The van der Waals surface area contributed by atoms with Crippen molar-refractivity contribution in [2.24, 2.45) is 0 Å². The van der Waals surface area contributed by atoms with Crippen molar-refractivity contribution >= 4 is 56.8 Å². The Morgan fingerprint density at radius 1 is 1.25 bits per heavy atom. The van der Waals surface area contributed by atoms with Crippen LogP contribution in [0.2, 0.25) is 5.02 Å². The molecule has 16 nitrogen and oxygen atoms in total. The fraction of sp³-hybridized carbons (Fsp3) is 0.292. The van der Waals surface area contributed by atoms with Crippen LogP contribution in [0.25, 0.3) is 11.2 Å². The Labute approximate surface area is 257 Å². The Hall–Kier alpha value is -3.48. The molecule has 0 spiro atoms. The first-order valence-electron chi connectivity index (χ1n) is 12.7. The Kier molecular flexibility index (Phi) is 8.18. The number of ether oxygens (including phenoxy) is 2. The number of nitro groups is 1. The van der Waals surface area contributed by atoms with E-state index < -0.39 is 64.1 Å². The lowest BCUT2D eigenvalue weighted by atomic mass is 10.1. The number of hydrogen-bond donors (Lipinski definition) is 2. The van der Waals surface area contributed by atoms with Crippen LogP contribution in [0.4, 0.5) is 5.69 Å². The number of H-pyrrole nitrogens is 1. The summed E-state index contributed by atoms with van der Waals surface area (Å²) in [6.45, 7) is -3.84. The second-order valence-electron chi connectivity index (χ2n) is 9.50. The average molecular weight is 686 g/mol. The zero-order valence-electron chi connectivity index (χ0n) is 22.1. The van der Waals surface area contributed by atoms with E-state index in [0.29, 0.717) is 5.02 Å². The van der Waals surface area contributed by atoms with Gasteiger partial charge in [-0.2, -0.15) is 4.98 Å². The van der Waals surface area contributed by atoms with Gasteiger partial charge in [-0.05, 0) is 24.3 Å². The summed E-state index contributed by atoms with van der Waals surface area (Å²) in [5, 5.41) is 22.3. The van der Waals surface area contributed by atoms with Crippen LogP contribution in [-0.4, -0.2) is 75.2 Å². The highest BCUT2D eigenvalue weighted by Crippen LogP contribution is 2.57. The highest BCUT2D eigenvalue weighted by molar-refractivity contribution is 8.07. The SMILES string of the molecule is O=c1nc(OCCS(=O)(=O)c2ccc([N+](=O)[O-])cc2)c2ncn([C@@H]3O[C@@H]4COP(=S)(Oc5ccccc5Cl)OC4C3O)c2[nH]1. The minimum absolute atomic E-state index is 0.0533. The number of sulfone groups is 1. The number of aliphatic hydroxyl groups is 1. The third-order valence-electron chi connectivity index (χ3n) is 6.70.